The van der Waals surface area contributed by atoms with E-state index >= 15 is 0 Å². The second-order valence-electron chi connectivity index (χ2n) is 4.40. The molecule has 0 saturated heterocycles. The van der Waals surface area contributed by atoms with Crippen molar-refractivity contribution in [2.75, 3.05) is 6.61 Å². The molecule has 0 fully saturated rings. The number of rotatable bonds is 2. The first-order chi connectivity index (χ1) is 8.74. The average Bonchev–Trinajstić information content (AvgIpc) is 2.72. The van der Waals surface area contributed by atoms with E-state index in [0.29, 0.717) is 5.56 Å². The van der Waals surface area contributed by atoms with Gasteiger partial charge in [0.1, 0.15) is 0 Å². The summed E-state index contributed by atoms with van der Waals surface area (Å²) in [7, 11) is 0. The van der Waals surface area contributed by atoms with E-state index in [1.165, 1.54) is 0 Å². The van der Waals surface area contributed by atoms with Crippen LogP contribution < -0.4 is 0 Å². The molecule has 2 aromatic carbocycles. The molecule has 1 aliphatic rings. The van der Waals surface area contributed by atoms with E-state index in [2.05, 4.69) is 0 Å². The molecule has 0 aliphatic heterocycles. The van der Waals surface area contributed by atoms with E-state index in [0.717, 1.165) is 22.3 Å². The van der Waals surface area contributed by atoms with Crippen LogP contribution in [0.4, 0.5) is 0 Å². The van der Waals surface area contributed by atoms with E-state index in [1.54, 1.807) is 12.1 Å². The van der Waals surface area contributed by atoms with Crippen LogP contribution in [0.3, 0.4) is 0 Å². The number of carbonyl (C=O) groups is 1. The highest BCUT2D eigenvalue weighted by atomic mass is 16.4. The third-order valence-corrected chi connectivity index (χ3v) is 3.49. The van der Waals surface area contributed by atoms with Crippen LogP contribution in [-0.2, 0) is 0 Å². The fraction of sp³-hybridized carbons (Fsp3) is 0.133. The molecule has 0 spiro atoms. The number of hydrogen-bond donors (Lipinski definition) is 2. The van der Waals surface area contributed by atoms with Crippen LogP contribution in [0.5, 0.6) is 0 Å². The SMILES string of the molecule is O=C(O)c1cccc2c1-c1ccccc1C2CO. The van der Waals surface area contributed by atoms with Gasteiger partial charge in [-0.25, -0.2) is 4.79 Å². The maximum Gasteiger partial charge on any atom is 0.336 e. The number of aliphatic hydroxyl groups is 1. The summed E-state index contributed by atoms with van der Waals surface area (Å²) in [5.41, 5.74) is 3.88. The third kappa shape index (κ3) is 1.38. The zero-order valence-electron chi connectivity index (χ0n) is 9.63. The molecule has 0 heterocycles. The molecule has 1 unspecified atom stereocenters. The Morgan fingerprint density at radius 1 is 1.06 bits per heavy atom. The predicted molar refractivity (Wildman–Crippen MR) is 67.8 cm³/mol. The van der Waals surface area contributed by atoms with Gasteiger partial charge in [-0.2, -0.15) is 0 Å². The summed E-state index contributed by atoms with van der Waals surface area (Å²) in [4.78, 5) is 11.3. The largest absolute Gasteiger partial charge is 0.478 e. The molecule has 2 N–H and O–H groups in total. The van der Waals surface area contributed by atoms with E-state index in [9.17, 15) is 15.0 Å². The van der Waals surface area contributed by atoms with Gasteiger partial charge in [0.05, 0.1) is 12.2 Å². The van der Waals surface area contributed by atoms with Gasteiger partial charge in [0.2, 0.25) is 0 Å². The third-order valence-electron chi connectivity index (χ3n) is 3.49. The Balaban J connectivity index is 2.35. The van der Waals surface area contributed by atoms with Crippen molar-refractivity contribution in [1.29, 1.82) is 0 Å². The molecule has 90 valence electrons. The molecule has 0 bridgehead atoms. The molecular formula is C15H12O3. The van der Waals surface area contributed by atoms with E-state index < -0.39 is 5.97 Å². The van der Waals surface area contributed by atoms with Crippen LogP contribution in [0, 0.1) is 0 Å². The lowest BCUT2D eigenvalue weighted by Crippen LogP contribution is -2.03. The normalized spacial score (nSPS) is 16.2. The Morgan fingerprint density at radius 3 is 2.50 bits per heavy atom. The summed E-state index contributed by atoms with van der Waals surface area (Å²) in [6.45, 7) is -0.00686. The molecule has 0 aromatic heterocycles. The molecule has 3 heteroatoms. The summed E-state index contributed by atoms with van der Waals surface area (Å²) in [5.74, 6) is -1.05. The highest BCUT2D eigenvalue weighted by molar-refractivity contribution is 5.99. The summed E-state index contributed by atoms with van der Waals surface area (Å²) >= 11 is 0. The zero-order valence-corrected chi connectivity index (χ0v) is 9.63. The number of hydrogen-bond acceptors (Lipinski definition) is 2. The first-order valence-electron chi connectivity index (χ1n) is 5.80. The molecular weight excluding hydrogens is 228 g/mol. The minimum atomic E-state index is -0.930. The Hall–Kier alpha value is -2.13. The van der Waals surface area contributed by atoms with E-state index in [-0.39, 0.29) is 12.5 Å². The fourth-order valence-electron chi connectivity index (χ4n) is 2.73. The smallest absolute Gasteiger partial charge is 0.336 e. The van der Waals surface area contributed by atoms with E-state index in [1.807, 2.05) is 30.3 Å². The van der Waals surface area contributed by atoms with Crippen molar-refractivity contribution in [3.63, 3.8) is 0 Å². The first kappa shape index (κ1) is 11.0. The molecule has 1 aliphatic carbocycles. The Kier molecular flexibility index (Phi) is 2.42. The lowest BCUT2D eigenvalue weighted by Gasteiger charge is -2.09. The van der Waals surface area contributed by atoms with Crippen molar-refractivity contribution in [3.05, 3.63) is 59.2 Å². The van der Waals surface area contributed by atoms with Crippen LogP contribution in [0.15, 0.2) is 42.5 Å². The Labute approximate surface area is 104 Å². The molecule has 3 nitrogen and oxygen atoms in total. The summed E-state index contributed by atoms with van der Waals surface area (Å²) in [6.07, 6.45) is 0. The van der Waals surface area contributed by atoms with Crippen LogP contribution in [0.1, 0.15) is 27.4 Å². The van der Waals surface area contributed by atoms with Crippen LogP contribution in [0.2, 0.25) is 0 Å². The average molecular weight is 240 g/mol. The number of benzene rings is 2. The van der Waals surface area contributed by atoms with Gasteiger partial charge in [-0.1, -0.05) is 36.4 Å². The van der Waals surface area contributed by atoms with Crippen molar-refractivity contribution in [1.82, 2.24) is 0 Å². The molecule has 1 atom stereocenters. The van der Waals surface area contributed by atoms with Gasteiger partial charge >= 0.3 is 5.97 Å². The van der Waals surface area contributed by atoms with Gasteiger partial charge in [0.15, 0.2) is 0 Å². The topological polar surface area (TPSA) is 57.5 Å². The second kappa shape index (κ2) is 3.96. The Morgan fingerprint density at radius 2 is 1.78 bits per heavy atom. The maximum atomic E-state index is 11.3. The molecule has 0 saturated carbocycles. The molecule has 0 amide bonds. The van der Waals surface area contributed by atoms with Crippen molar-refractivity contribution in [2.24, 2.45) is 0 Å². The minimum absolute atomic E-state index is 0.00686. The molecule has 18 heavy (non-hydrogen) atoms. The zero-order chi connectivity index (χ0) is 12.7. The van der Waals surface area contributed by atoms with Gasteiger partial charge < -0.3 is 10.2 Å². The second-order valence-corrected chi connectivity index (χ2v) is 4.40. The predicted octanol–water partition coefficient (Wildman–Crippen LogP) is 2.49. The minimum Gasteiger partial charge on any atom is -0.478 e. The van der Waals surface area contributed by atoms with Gasteiger partial charge in [-0.05, 0) is 22.8 Å². The van der Waals surface area contributed by atoms with Gasteiger partial charge in [-0.15, -0.1) is 0 Å². The number of carboxylic acids is 1. The standard InChI is InChI=1S/C15H12O3/c16-8-13-9-4-1-2-5-10(9)14-11(13)6-3-7-12(14)15(17)18/h1-7,13,16H,8H2,(H,17,18). The van der Waals surface area contributed by atoms with Crippen molar-refractivity contribution in [3.8, 4) is 11.1 Å². The van der Waals surface area contributed by atoms with Crippen LogP contribution >= 0.6 is 0 Å². The lowest BCUT2D eigenvalue weighted by atomic mass is 9.97. The number of fused-ring (bicyclic) bond motifs is 3. The van der Waals surface area contributed by atoms with Gasteiger partial charge in [0, 0.05) is 11.5 Å². The maximum absolute atomic E-state index is 11.3. The monoisotopic (exact) mass is 240 g/mol. The van der Waals surface area contributed by atoms with E-state index in [4.69, 9.17) is 0 Å². The van der Waals surface area contributed by atoms with Crippen LogP contribution in [-0.4, -0.2) is 22.8 Å². The van der Waals surface area contributed by atoms with Crippen molar-refractivity contribution >= 4 is 5.97 Å². The number of aromatic carboxylic acids is 1. The fourth-order valence-corrected chi connectivity index (χ4v) is 2.73. The highest BCUT2D eigenvalue weighted by Gasteiger charge is 2.30. The Bertz CT molecular complexity index is 631. The highest BCUT2D eigenvalue weighted by Crippen LogP contribution is 2.45. The first-order valence-corrected chi connectivity index (χ1v) is 5.80. The quantitative estimate of drug-likeness (QED) is 0.847. The number of aliphatic hydroxyl groups excluding tert-OH is 1. The molecule has 2 aromatic rings. The molecule has 0 radical (unpaired) electrons. The van der Waals surface area contributed by atoms with Crippen molar-refractivity contribution in [2.45, 2.75) is 5.92 Å². The van der Waals surface area contributed by atoms with Crippen LogP contribution in [0.25, 0.3) is 11.1 Å². The lowest BCUT2D eigenvalue weighted by molar-refractivity contribution is 0.0697. The number of carboxylic acid groups (broad SMARTS) is 1. The van der Waals surface area contributed by atoms with Crippen molar-refractivity contribution < 1.29 is 15.0 Å². The van der Waals surface area contributed by atoms with Gasteiger partial charge in [0.25, 0.3) is 0 Å². The summed E-state index contributed by atoms with van der Waals surface area (Å²) in [5, 5.41) is 18.8. The molecule has 3 rings (SSSR count). The van der Waals surface area contributed by atoms with Gasteiger partial charge in [-0.3, -0.25) is 0 Å². The summed E-state index contributed by atoms with van der Waals surface area (Å²) in [6, 6.07) is 12.9. The summed E-state index contributed by atoms with van der Waals surface area (Å²) < 4.78 is 0.